The van der Waals surface area contributed by atoms with E-state index in [0.717, 1.165) is 106 Å². The monoisotopic (exact) mass is 867 g/mol. The lowest BCUT2D eigenvalue weighted by Crippen LogP contribution is -2.51. The number of ether oxygens (including phenoxy) is 1. The lowest BCUT2D eigenvalue weighted by molar-refractivity contribution is -0.136. The summed E-state index contributed by atoms with van der Waals surface area (Å²) in [6.07, 6.45) is 35.8. The van der Waals surface area contributed by atoms with Crippen LogP contribution in [0.25, 0.3) is 0 Å². The molecule has 0 aromatic carbocycles. The quantitative estimate of drug-likeness (QED) is 0.0474. The number of nitrogens with zero attached hydrogens (tertiary/aromatic N) is 1. The van der Waals surface area contributed by atoms with Crippen molar-refractivity contribution in [1.82, 2.24) is 15.5 Å². The molecule has 62 heavy (non-hydrogen) atoms. The van der Waals surface area contributed by atoms with Crippen molar-refractivity contribution in [3.8, 4) is 0 Å². The zero-order chi connectivity index (χ0) is 44.8. The Morgan fingerprint density at radius 3 is 2.13 bits per heavy atom. The molecule has 8 nitrogen and oxygen atoms in total. The van der Waals surface area contributed by atoms with Crippen LogP contribution in [0.1, 0.15) is 228 Å². The Balaban J connectivity index is 1.17. The molecule has 0 unspecified atom stereocenters. The van der Waals surface area contributed by atoms with Gasteiger partial charge in [-0.1, -0.05) is 150 Å². The second-order valence-electron chi connectivity index (χ2n) is 21.8. The Hall–Kier alpha value is -2.09. The van der Waals surface area contributed by atoms with E-state index in [1.54, 1.807) is 10.5 Å². The number of hydrogen-bond acceptors (Lipinski definition) is 5. The highest BCUT2D eigenvalue weighted by molar-refractivity contribution is 5.84. The van der Waals surface area contributed by atoms with Crippen LogP contribution >= 0.6 is 0 Å². The number of hydrogen-bond donors (Lipinski definition) is 3. The molecule has 0 bridgehead atoms. The summed E-state index contributed by atoms with van der Waals surface area (Å²) in [5.74, 6) is 4.92. The SMILES string of the molecule is CCCCCCCCCCCCCC(=O)N(CCCCNC(=O)O[C@H]1CC[C@@]2(C)C(=CC[C@H]3[C@@H]4CC[C@H]([C@H](C)CCCC(C)C)[C@@]4(C)CC[C@@H]32)C1)CC(=O)NCCCCCCN. The van der Waals surface area contributed by atoms with E-state index in [-0.39, 0.29) is 36.0 Å². The highest BCUT2D eigenvalue weighted by atomic mass is 16.6. The number of alkyl carbamates (subject to hydrolysis) is 1. The van der Waals surface area contributed by atoms with Gasteiger partial charge in [0.05, 0.1) is 6.54 Å². The van der Waals surface area contributed by atoms with Gasteiger partial charge in [0.15, 0.2) is 0 Å². The molecule has 4 aliphatic rings. The third-order valence-corrected chi connectivity index (χ3v) is 16.8. The maximum Gasteiger partial charge on any atom is 0.407 e. The molecule has 4 N–H and O–H groups in total. The topological polar surface area (TPSA) is 114 Å². The highest BCUT2D eigenvalue weighted by Gasteiger charge is 2.59. The summed E-state index contributed by atoms with van der Waals surface area (Å²) in [5, 5.41) is 6.04. The molecule has 0 aliphatic heterocycles. The second kappa shape index (κ2) is 28.1. The van der Waals surface area contributed by atoms with E-state index >= 15 is 0 Å². The van der Waals surface area contributed by atoms with Crippen LogP contribution in [0.5, 0.6) is 0 Å². The van der Waals surface area contributed by atoms with E-state index in [2.05, 4.69) is 58.3 Å². The van der Waals surface area contributed by atoms with Crippen molar-refractivity contribution in [2.45, 2.75) is 234 Å². The molecule has 3 amide bonds. The van der Waals surface area contributed by atoms with Crippen LogP contribution in [0.3, 0.4) is 0 Å². The van der Waals surface area contributed by atoms with Gasteiger partial charge in [-0.05, 0) is 130 Å². The molecule has 358 valence electrons. The van der Waals surface area contributed by atoms with Gasteiger partial charge < -0.3 is 26.0 Å². The van der Waals surface area contributed by atoms with Gasteiger partial charge in [0.25, 0.3) is 0 Å². The molecule has 0 aromatic heterocycles. The average Bonchev–Trinajstić information content (AvgIpc) is 3.60. The molecular formula is C54H98N4O4. The second-order valence-corrected chi connectivity index (χ2v) is 21.8. The smallest absolute Gasteiger partial charge is 0.407 e. The Bertz CT molecular complexity index is 1340. The van der Waals surface area contributed by atoms with Crippen LogP contribution in [0.2, 0.25) is 0 Å². The van der Waals surface area contributed by atoms with Crippen molar-refractivity contribution in [1.29, 1.82) is 0 Å². The summed E-state index contributed by atoms with van der Waals surface area (Å²) in [5.41, 5.74) is 7.90. The fourth-order valence-electron chi connectivity index (χ4n) is 13.0. The lowest BCUT2D eigenvalue weighted by Gasteiger charge is -2.58. The van der Waals surface area contributed by atoms with E-state index in [4.69, 9.17) is 10.5 Å². The molecule has 0 aromatic rings. The molecule has 8 heteroatoms. The van der Waals surface area contributed by atoms with Gasteiger partial charge >= 0.3 is 6.09 Å². The van der Waals surface area contributed by atoms with E-state index in [1.807, 2.05) is 0 Å². The van der Waals surface area contributed by atoms with Crippen molar-refractivity contribution in [3.05, 3.63) is 11.6 Å². The molecule has 3 fully saturated rings. The molecule has 4 rings (SSSR count). The predicted octanol–water partition coefficient (Wildman–Crippen LogP) is 13.1. The van der Waals surface area contributed by atoms with Gasteiger partial charge in [-0.2, -0.15) is 0 Å². The fourth-order valence-corrected chi connectivity index (χ4v) is 13.0. The zero-order valence-electron chi connectivity index (χ0n) is 41.3. The molecule has 0 radical (unpaired) electrons. The van der Waals surface area contributed by atoms with Gasteiger partial charge in [0, 0.05) is 32.5 Å². The number of nitrogens with two attached hydrogens (primary N) is 1. The van der Waals surface area contributed by atoms with Crippen LogP contribution in [0, 0.1) is 46.3 Å². The number of allylic oxidation sites excluding steroid dienone is 1. The Morgan fingerprint density at radius 2 is 1.42 bits per heavy atom. The fraction of sp³-hybridized carbons (Fsp3) is 0.907. The first kappa shape index (κ1) is 52.5. The van der Waals surface area contributed by atoms with Gasteiger partial charge in [0.1, 0.15) is 6.10 Å². The van der Waals surface area contributed by atoms with Crippen LogP contribution < -0.4 is 16.4 Å². The van der Waals surface area contributed by atoms with Gasteiger partial charge in [-0.15, -0.1) is 0 Å². The minimum atomic E-state index is -0.323. The van der Waals surface area contributed by atoms with E-state index < -0.39 is 0 Å². The number of amides is 3. The summed E-state index contributed by atoms with van der Waals surface area (Å²) in [6, 6.07) is 0. The first-order chi connectivity index (χ1) is 29.9. The third kappa shape index (κ3) is 16.4. The predicted molar refractivity (Wildman–Crippen MR) is 259 cm³/mol. The first-order valence-electron chi connectivity index (χ1n) is 26.8. The molecule has 0 heterocycles. The van der Waals surface area contributed by atoms with Gasteiger partial charge in [-0.25, -0.2) is 4.79 Å². The standard InChI is InChI=1S/C54H98N4O4/c1-7-8-9-10-11-12-13-14-15-16-19-27-51(60)58(41-50(59)56-37-21-18-17-20-36-55)39-23-22-38-57-52(61)62-45-32-34-53(5)44(40-45)28-29-46-48-31-30-47(43(4)26-24-25-42(2)3)54(48,6)35-33-49(46)53/h28,42-43,45-49H,7-27,29-41,55H2,1-6H3,(H,56,59)(H,57,61)/t43-,45+,46+,47-,48+,49+,53+,54-/m1/s1. The van der Waals surface area contributed by atoms with E-state index in [1.165, 1.54) is 109 Å². The van der Waals surface area contributed by atoms with Crippen molar-refractivity contribution in [2.75, 3.05) is 32.7 Å². The molecule has 8 atom stereocenters. The largest absolute Gasteiger partial charge is 0.446 e. The third-order valence-electron chi connectivity index (χ3n) is 16.8. The van der Waals surface area contributed by atoms with Crippen LogP contribution in [0.15, 0.2) is 11.6 Å². The summed E-state index contributed by atoms with van der Waals surface area (Å²) >= 11 is 0. The number of nitrogens with one attached hydrogen (secondary N) is 2. The number of carbonyl (C=O) groups is 3. The zero-order valence-corrected chi connectivity index (χ0v) is 41.3. The molecule has 0 spiro atoms. The van der Waals surface area contributed by atoms with E-state index in [0.29, 0.717) is 38.0 Å². The minimum Gasteiger partial charge on any atom is -0.446 e. The van der Waals surface area contributed by atoms with Gasteiger partial charge in [-0.3, -0.25) is 9.59 Å². The summed E-state index contributed by atoms with van der Waals surface area (Å²) < 4.78 is 6.07. The average molecular weight is 867 g/mol. The van der Waals surface area contributed by atoms with Gasteiger partial charge in [0.2, 0.25) is 11.8 Å². The number of carbonyl (C=O) groups excluding carboxylic acids is 3. The minimum absolute atomic E-state index is 0.0647. The van der Waals surface area contributed by atoms with Crippen LogP contribution in [0.4, 0.5) is 4.79 Å². The van der Waals surface area contributed by atoms with Crippen molar-refractivity contribution >= 4 is 17.9 Å². The van der Waals surface area contributed by atoms with Crippen molar-refractivity contribution in [2.24, 2.45) is 52.1 Å². The number of rotatable bonds is 31. The summed E-state index contributed by atoms with van der Waals surface area (Å²) in [6.45, 7) is 17.2. The first-order valence-corrected chi connectivity index (χ1v) is 26.8. The molecule has 0 saturated heterocycles. The molecule has 4 aliphatic carbocycles. The lowest BCUT2D eigenvalue weighted by atomic mass is 9.47. The Morgan fingerprint density at radius 1 is 0.758 bits per heavy atom. The normalized spacial score (nSPS) is 27.2. The van der Waals surface area contributed by atoms with Crippen LogP contribution in [-0.2, 0) is 14.3 Å². The Kier molecular flexibility index (Phi) is 23.8. The van der Waals surface area contributed by atoms with Crippen molar-refractivity contribution < 1.29 is 19.1 Å². The Labute approximate surface area is 381 Å². The number of fused-ring (bicyclic) bond motifs is 5. The molecule has 3 saturated carbocycles. The van der Waals surface area contributed by atoms with Crippen molar-refractivity contribution in [3.63, 3.8) is 0 Å². The molecular weight excluding hydrogens is 769 g/mol. The maximum atomic E-state index is 13.4. The summed E-state index contributed by atoms with van der Waals surface area (Å²) in [4.78, 5) is 41.1. The highest BCUT2D eigenvalue weighted by Crippen LogP contribution is 2.67. The number of unbranched alkanes of at least 4 members (excludes halogenated alkanes) is 14. The van der Waals surface area contributed by atoms with Crippen LogP contribution in [-0.4, -0.2) is 61.6 Å². The summed E-state index contributed by atoms with van der Waals surface area (Å²) in [7, 11) is 0. The van der Waals surface area contributed by atoms with E-state index in [9.17, 15) is 14.4 Å². The maximum absolute atomic E-state index is 13.4.